The maximum Gasteiger partial charge on any atom is 0.125 e. The van der Waals surface area contributed by atoms with Gasteiger partial charge in [0.25, 0.3) is 0 Å². The number of rotatable bonds is 6. The molecule has 1 aromatic carbocycles. The van der Waals surface area contributed by atoms with E-state index in [1.165, 1.54) is 30.4 Å². The Morgan fingerprint density at radius 2 is 1.88 bits per heavy atom. The Morgan fingerprint density at radius 3 is 2.47 bits per heavy atom. The average molecular weight is 248 g/mol. The quantitative estimate of drug-likeness (QED) is 0.448. The van der Waals surface area contributed by atoms with Crippen molar-refractivity contribution in [3.8, 4) is 0 Å². The number of hydrogen-bond donors (Lipinski definition) is 1. The molecule has 1 nitrogen and oxygen atoms in total. The van der Waals surface area contributed by atoms with Crippen LogP contribution in [0.1, 0.15) is 37.7 Å². The van der Waals surface area contributed by atoms with E-state index in [-0.39, 0.29) is 0 Å². The summed E-state index contributed by atoms with van der Waals surface area (Å²) in [6.45, 7) is 0.814. The van der Waals surface area contributed by atoms with Gasteiger partial charge in [-0.3, -0.25) is 0 Å². The fourth-order valence-corrected chi connectivity index (χ4v) is 2.17. The van der Waals surface area contributed by atoms with Crippen LogP contribution in [-0.4, -0.2) is 12.4 Å². The van der Waals surface area contributed by atoms with Gasteiger partial charge in [-0.25, -0.2) is 0 Å². The van der Waals surface area contributed by atoms with Crippen LogP contribution >= 0.6 is 12.6 Å². The first-order chi connectivity index (χ1) is 8.42. The number of allylic oxidation sites excluding steroid dienone is 1. The SMILES string of the molecule is SCCCCOC(=C1CCC1)c1ccccc1. The molecular weight excluding hydrogens is 228 g/mol. The van der Waals surface area contributed by atoms with Crippen molar-refractivity contribution in [1.82, 2.24) is 0 Å². The minimum absolute atomic E-state index is 0.814. The van der Waals surface area contributed by atoms with Crippen LogP contribution in [-0.2, 0) is 4.74 Å². The predicted octanol–water partition coefficient (Wildman–Crippen LogP) is 4.31. The van der Waals surface area contributed by atoms with Gasteiger partial charge < -0.3 is 4.74 Å². The average Bonchev–Trinajstić information content (AvgIpc) is 2.32. The monoisotopic (exact) mass is 248 g/mol. The zero-order valence-electron chi connectivity index (χ0n) is 10.2. The molecule has 0 bridgehead atoms. The van der Waals surface area contributed by atoms with Gasteiger partial charge in [0.15, 0.2) is 0 Å². The fraction of sp³-hybridized carbons (Fsp3) is 0.467. The molecule has 1 aromatic rings. The van der Waals surface area contributed by atoms with Crippen molar-refractivity contribution in [2.75, 3.05) is 12.4 Å². The molecule has 1 aliphatic rings. The Bertz CT molecular complexity index is 364. The molecule has 1 saturated carbocycles. The summed E-state index contributed by atoms with van der Waals surface area (Å²) in [7, 11) is 0. The van der Waals surface area contributed by atoms with Crippen LogP contribution in [0.5, 0.6) is 0 Å². The summed E-state index contributed by atoms with van der Waals surface area (Å²) in [5.74, 6) is 2.08. The molecule has 0 unspecified atom stereocenters. The van der Waals surface area contributed by atoms with E-state index in [1.807, 2.05) is 6.07 Å². The lowest BCUT2D eigenvalue weighted by Crippen LogP contribution is -2.05. The highest BCUT2D eigenvalue weighted by Crippen LogP contribution is 2.34. The van der Waals surface area contributed by atoms with Gasteiger partial charge in [0.05, 0.1) is 6.61 Å². The maximum absolute atomic E-state index is 5.98. The molecular formula is C15H20OS. The van der Waals surface area contributed by atoms with E-state index in [1.54, 1.807) is 0 Å². The summed E-state index contributed by atoms with van der Waals surface area (Å²) in [6, 6.07) is 10.5. The summed E-state index contributed by atoms with van der Waals surface area (Å²) in [5, 5.41) is 0. The zero-order valence-corrected chi connectivity index (χ0v) is 11.1. The van der Waals surface area contributed by atoms with E-state index in [2.05, 4.69) is 36.9 Å². The van der Waals surface area contributed by atoms with Crippen molar-refractivity contribution >= 4 is 18.4 Å². The molecule has 0 amide bonds. The predicted molar refractivity (Wildman–Crippen MR) is 76.3 cm³/mol. The van der Waals surface area contributed by atoms with Gasteiger partial charge >= 0.3 is 0 Å². The first-order valence-electron chi connectivity index (χ1n) is 6.43. The Hall–Kier alpha value is -0.890. The van der Waals surface area contributed by atoms with Gasteiger partial charge in [0, 0.05) is 5.56 Å². The molecule has 0 N–H and O–H groups in total. The molecule has 0 spiro atoms. The Labute approximate surface area is 109 Å². The molecule has 17 heavy (non-hydrogen) atoms. The van der Waals surface area contributed by atoms with Crippen molar-refractivity contribution in [2.45, 2.75) is 32.1 Å². The van der Waals surface area contributed by atoms with Gasteiger partial charge in [-0.1, -0.05) is 30.3 Å². The highest BCUT2D eigenvalue weighted by Gasteiger charge is 2.17. The highest BCUT2D eigenvalue weighted by atomic mass is 32.1. The minimum atomic E-state index is 0.814. The molecule has 92 valence electrons. The summed E-state index contributed by atoms with van der Waals surface area (Å²) in [6.07, 6.45) is 5.94. The second kappa shape index (κ2) is 6.75. The number of thiol groups is 1. The van der Waals surface area contributed by atoms with Crippen molar-refractivity contribution in [2.24, 2.45) is 0 Å². The van der Waals surface area contributed by atoms with Crippen LogP contribution in [0.15, 0.2) is 35.9 Å². The van der Waals surface area contributed by atoms with Crippen molar-refractivity contribution in [1.29, 1.82) is 0 Å². The lowest BCUT2D eigenvalue weighted by molar-refractivity contribution is 0.264. The van der Waals surface area contributed by atoms with E-state index in [4.69, 9.17) is 4.74 Å². The molecule has 0 aliphatic heterocycles. The smallest absolute Gasteiger partial charge is 0.125 e. The summed E-state index contributed by atoms with van der Waals surface area (Å²) in [4.78, 5) is 0. The van der Waals surface area contributed by atoms with Gasteiger partial charge in [-0.05, 0) is 43.4 Å². The first-order valence-corrected chi connectivity index (χ1v) is 7.06. The van der Waals surface area contributed by atoms with Gasteiger partial charge in [-0.2, -0.15) is 12.6 Å². The molecule has 2 rings (SSSR count). The second-order valence-electron chi connectivity index (χ2n) is 4.43. The standard InChI is InChI=1S/C15H20OS/c17-12-5-4-11-16-15(14-9-6-10-14)13-7-2-1-3-8-13/h1-3,7-8,17H,4-6,9-12H2. The van der Waals surface area contributed by atoms with Crippen LogP contribution in [0.4, 0.5) is 0 Å². The summed E-state index contributed by atoms with van der Waals surface area (Å²) < 4.78 is 5.98. The van der Waals surface area contributed by atoms with Crippen LogP contribution in [0, 0.1) is 0 Å². The summed E-state index contributed by atoms with van der Waals surface area (Å²) >= 11 is 4.22. The lowest BCUT2D eigenvalue weighted by atomic mass is 9.89. The maximum atomic E-state index is 5.98. The minimum Gasteiger partial charge on any atom is -0.493 e. The van der Waals surface area contributed by atoms with Gasteiger partial charge in [-0.15, -0.1) is 0 Å². The fourth-order valence-electron chi connectivity index (χ4n) is 1.95. The largest absolute Gasteiger partial charge is 0.493 e. The Balaban J connectivity index is 2.00. The highest BCUT2D eigenvalue weighted by molar-refractivity contribution is 7.80. The van der Waals surface area contributed by atoms with Crippen LogP contribution in [0.3, 0.4) is 0 Å². The molecule has 0 atom stereocenters. The van der Waals surface area contributed by atoms with Crippen LogP contribution in [0.2, 0.25) is 0 Å². The van der Waals surface area contributed by atoms with Crippen molar-refractivity contribution < 1.29 is 4.74 Å². The molecule has 2 heteroatoms. The van der Waals surface area contributed by atoms with Gasteiger partial charge in [0.2, 0.25) is 0 Å². The number of unbranched alkanes of at least 4 members (excludes halogenated alkanes) is 1. The zero-order chi connectivity index (χ0) is 11.9. The third kappa shape index (κ3) is 3.53. The van der Waals surface area contributed by atoms with Gasteiger partial charge in [0.1, 0.15) is 5.76 Å². The van der Waals surface area contributed by atoms with Crippen LogP contribution < -0.4 is 0 Å². The number of ether oxygens (including phenoxy) is 1. The molecule has 0 aromatic heterocycles. The van der Waals surface area contributed by atoms with Crippen LogP contribution in [0.25, 0.3) is 5.76 Å². The molecule has 0 radical (unpaired) electrons. The van der Waals surface area contributed by atoms with Crippen molar-refractivity contribution in [3.63, 3.8) is 0 Å². The third-order valence-electron chi connectivity index (χ3n) is 3.11. The number of benzene rings is 1. The van der Waals surface area contributed by atoms with E-state index in [9.17, 15) is 0 Å². The normalized spacial score (nSPS) is 14.3. The third-order valence-corrected chi connectivity index (χ3v) is 3.43. The molecule has 1 aliphatic carbocycles. The van der Waals surface area contributed by atoms with E-state index in [0.29, 0.717) is 0 Å². The summed E-state index contributed by atoms with van der Waals surface area (Å²) in [5.41, 5.74) is 2.72. The van der Waals surface area contributed by atoms with E-state index < -0.39 is 0 Å². The lowest BCUT2D eigenvalue weighted by Gasteiger charge is -2.22. The first kappa shape index (κ1) is 12.6. The Kier molecular flexibility index (Phi) is 4.99. The van der Waals surface area contributed by atoms with E-state index >= 15 is 0 Å². The Morgan fingerprint density at radius 1 is 1.12 bits per heavy atom. The second-order valence-corrected chi connectivity index (χ2v) is 4.88. The van der Waals surface area contributed by atoms with E-state index in [0.717, 1.165) is 31.0 Å². The topological polar surface area (TPSA) is 9.23 Å². The molecule has 0 saturated heterocycles. The van der Waals surface area contributed by atoms with Crippen molar-refractivity contribution in [3.05, 3.63) is 41.5 Å². The number of hydrogen-bond acceptors (Lipinski definition) is 2. The molecule has 0 heterocycles. The molecule has 1 fully saturated rings.